The molecule has 0 spiro atoms. The number of H-pyrrole nitrogens is 1. The molecule has 2 aromatic rings. The van der Waals surface area contributed by atoms with Gasteiger partial charge < -0.3 is 14.8 Å². The van der Waals surface area contributed by atoms with Crippen molar-refractivity contribution < 1.29 is 14.6 Å². The molecule has 0 atom stereocenters. The molecule has 0 saturated heterocycles. The Hall–Kier alpha value is -1.81. The first kappa shape index (κ1) is 10.7. The van der Waals surface area contributed by atoms with Gasteiger partial charge in [-0.3, -0.25) is 0 Å². The molecule has 4 heteroatoms. The highest BCUT2D eigenvalue weighted by Gasteiger charge is 2.07. The zero-order valence-electron chi connectivity index (χ0n) is 8.99. The molecule has 0 amide bonds. The highest BCUT2D eigenvalue weighted by Crippen LogP contribution is 2.20. The highest BCUT2D eigenvalue weighted by atomic mass is 16.5. The van der Waals surface area contributed by atoms with Gasteiger partial charge in [-0.05, 0) is 19.1 Å². The molecule has 1 aromatic heterocycles. The van der Waals surface area contributed by atoms with Crippen LogP contribution in [0.4, 0.5) is 0 Å². The number of fused-ring (bicyclic) bond motifs is 1. The van der Waals surface area contributed by atoms with Crippen LogP contribution in [0.5, 0.6) is 0 Å². The van der Waals surface area contributed by atoms with Crippen molar-refractivity contribution in [2.24, 2.45) is 0 Å². The van der Waals surface area contributed by atoms with Gasteiger partial charge in [-0.2, -0.15) is 0 Å². The fourth-order valence-corrected chi connectivity index (χ4v) is 1.65. The third kappa shape index (κ3) is 1.92. The number of aromatic carboxylic acids is 1. The van der Waals surface area contributed by atoms with Gasteiger partial charge in [0.15, 0.2) is 0 Å². The van der Waals surface area contributed by atoms with E-state index in [0.717, 1.165) is 16.5 Å². The van der Waals surface area contributed by atoms with Crippen molar-refractivity contribution in [2.45, 2.75) is 13.5 Å². The van der Waals surface area contributed by atoms with Gasteiger partial charge in [0.2, 0.25) is 0 Å². The number of rotatable bonds is 4. The van der Waals surface area contributed by atoms with Crippen molar-refractivity contribution in [3.63, 3.8) is 0 Å². The fraction of sp³-hybridized carbons (Fsp3) is 0.250. The standard InChI is InChI=1S/C12H13NO3/c1-2-16-7-9-6-13-11-5-8(12(14)15)3-4-10(9)11/h3-6,13H,2,7H2,1H3,(H,14,15). The van der Waals surface area contributed by atoms with Crippen LogP contribution in [0.3, 0.4) is 0 Å². The number of hydrogen-bond acceptors (Lipinski definition) is 2. The van der Waals surface area contributed by atoms with Crippen LogP contribution in [0.25, 0.3) is 10.9 Å². The number of carboxylic acids is 1. The second-order valence-electron chi connectivity index (χ2n) is 3.52. The molecule has 0 aliphatic heterocycles. The average molecular weight is 219 g/mol. The first-order valence-corrected chi connectivity index (χ1v) is 5.13. The van der Waals surface area contributed by atoms with Crippen molar-refractivity contribution in [3.8, 4) is 0 Å². The minimum Gasteiger partial charge on any atom is -0.478 e. The maximum absolute atomic E-state index is 10.8. The number of aromatic amines is 1. The summed E-state index contributed by atoms with van der Waals surface area (Å²) >= 11 is 0. The lowest BCUT2D eigenvalue weighted by molar-refractivity contribution is 0.0697. The van der Waals surface area contributed by atoms with Gasteiger partial charge in [-0.25, -0.2) is 4.79 Å². The van der Waals surface area contributed by atoms with Gasteiger partial charge in [0.1, 0.15) is 0 Å². The van der Waals surface area contributed by atoms with E-state index in [1.807, 2.05) is 19.2 Å². The van der Waals surface area contributed by atoms with Crippen LogP contribution in [-0.2, 0) is 11.3 Å². The number of aromatic nitrogens is 1. The summed E-state index contributed by atoms with van der Waals surface area (Å²) in [6.45, 7) is 3.15. The van der Waals surface area contributed by atoms with Crippen molar-refractivity contribution in [3.05, 3.63) is 35.5 Å². The van der Waals surface area contributed by atoms with E-state index in [4.69, 9.17) is 9.84 Å². The summed E-state index contributed by atoms with van der Waals surface area (Å²) in [5.41, 5.74) is 2.17. The number of benzene rings is 1. The number of hydrogen-bond donors (Lipinski definition) is 2. The summed E-state index contributed by atoms with van der Waals surface area (Å²) in [6, 6.07) is 5.05. The van der Waals surface area contributed by atoms with Crippen molar-refractivity contribution >= 4 is 16.9 Å². The van der Waals surface area contributed by atoms with Crippen LogP contribution in [0.2, 0.25) is 0 Å². The maximum Gasteiger partial charge on any atom is 0.335 e. The van der Waals surface area contributed by atoms with E-state index in [1.54, 1.807) is 12.1 Å². The van der Waals surface area contributed by atoms with Crippen molar-refractivity contribution in [1.82, 2.24) is 4.98 Å². The molecular formula is C12H13NO3. The number of carbonyl (C=O) groups is 1. The molecular weight excluding hydrogens is 206 g/mol. The van der Waals surface area contributed by atoms with E-state index >= 15 is 0 Å². The molecule has 2 N–H and O–H groups in total. The molecule has 16 heavy (non-hydrogen) atoms. The fourth-order valence-electron chi connectivity index (χ4n) is 1.65. The van der Waals surface area contributed by atoms with Gasteiger partial charge >= 0.3 is 5.97 Å². The largest absolute Gasteiger partial charge is 0.478 e. The van der Waals surface area contributed by atoms with Crippen LogP contribution in [-0.4, -0.2) is 22.7 Å². The average Bonchev–Trinajstić information content (AvgIpc) is 2.68. The third-order valence-electron chi connectivity index (χ3n) is 2.48. The summed E-state index contributed by atoms with van der Waals surface area (Å²) < 4.78 is 5.33. The normalized spacial score (nSPS) is 10.8. The summed E-state index contributed by atoms with van der Waals surface area (Å²) in [6.07, 6.45) is 1.85. The monoisotopic (exact) mass is 219 g/mol. The van der Waals surface area contributed by atoms with Gasteiger partial charge in [0.05, 0.1) is 12.2 Å². The predicted molar refractivity (Wildman–Crippen MR) is 60.6 cm³/mol. The van der Waals surface area contributed by atoms with Crippen LogP contribution in [0, 0.1) is 0 Å². The van der Waals surface area contributed by atoms with Crippen LogP contribution in [0.1, 0.15) is 22.8 Å². The number of carboxylic acid groups (broad SMARTS) is 1. The molecule has 0 aliphatic carbocycles. The third-order valence-corrected chi connectivity index (χ3v) is 2.48. The molecule has 1 heterocycles. The molecule has 4 nitrogen and oxygen atoms in total. The highest BCUT2D eigenvalue weighted by molar-refractivity contribution is 5.94. The summed E-state index contributed by atoms with van der Waals surface area (Å²) in [5, 5.41) is 9.87. The van der Waals surface area contributed by atoms with E-state index in [1.165, 1.54) is 0 Å². The second-order valence-corrected chi connectivity index (χ2v) is 3.52. The Morgan fingerprint density at radius 1 is 1.50 bits per heavy atom. The quantitative estimate of drug-likeness (QED) is 0.830. The van der Waals surface area contributed by atoms with E-state index in [9.17, 15) is 4.79 Å². The molecule has 0 bridgehead atoms. The van der Waals surface area contributed by atoms with E-state index in [0.29, 0.717) is 13.2 Å². The summed E-state index contributed by atoms with van der Waals surface area (Å²) in [5.74, 6) is -0.914. The van der Waals surface area contributed by atoms with Gasteiger partial charge in [0, 0.05) is 29.3 Å². The first-order valence-electron chi connectivity index (χ1n) is 5.13. The summed E-state index contributed by atoms with van der Waals surface area (Å²) in [4.78, 5) is 13.8. The lowest BCUT2D eigenvalue weighted by Gasteiger charge is -1.99. The Morgan fingerprint density at radius 3 is 3.00 bits per heavy atom. The molecule has 0 aliphatic rings. The number of nitrogens with one attached hydrogen (secondary N) is 1. The molecule has 2 rings (SSSR count). The minimum absolute atomic E-state index is 0.289. The maximum atomic E-state index is 10.8. The second kappa shape index (κ2) is 4.37. The van der Waals surface area contributed by atoms with Crippen molar-refractivity contribution in [2.75, 3.05) is 6.61 Å². The SMILES string of the molecule is CCOCc1c[nH]c2cc(C(=O)O)ccc12. The topological polar surface area (TPSA) is 62.3 Å². The van der Waals surface area contributed by atoms with Gasteiger partial charge in [0.25, 0.3) is 0 Å². The van der Waals surface area contributed by atoms with E-state index < -0.39 is 5.97 Å². The Bertz CT molecular complexity index is 516. The smallest absolute Gasteiger partial charge is 0.335 e. The van der Waals surface area contributed by atoms with E-state index in [2.05, 4.69) is 4.98 Å². The first-order chi connectivity index (χ1) is 7.72. The zero-order valence-corrected chi connectivity index (χ0v) is 8.99. The van der Waals surface area contributed by atoms with Crippen LogP contribution in [0.15, 0.2) is 24.4 Å². The Morgan fingerprint density at radius 2 is 2.31 bits per heavy atom. The molecule has 0 saturated carbocycles. The van der Waals surface area contributed by atoms with Crippen molar-refractivity contribution in [1.29, 1.82) is 0 Å². The lowest BCUT2D eigenvalue weighted by Crippen LogP contribution is -1.95. The molecule has 1 aromatic carbocycles. The Labute approximate surface area is 92.9 Å². The molecule has 0 radical (unpaired) electrons. The molecule has 0 unspecified atom stereocenters. The number of ether oxygens (including phenoxy) is 1. The lowest BCUT2D eigenvalue weighted by atomic mass is 10.1. The van der Waals surface area contributed by atoms with Crippen LogP contribution >= 0.6 is 0 Å². The predicted octanol–water partition coefficient (Wildman–Crippen LogP) is 2.40. The van der Waals surface area contributed by atoms with Crippen LogP contribution < -0.4 is 0 Å². The zero-order chi connectivity index (χ0) is 11.5. The molecule has 0 fully saturated rings. The molecule has 84 valence electrons. The van der Waals surface area contributed by atoms with E-state index in [-0.39, 0.29) is 5.56 Å². The van der Waals surface area contributed by atoms with Gasteiger partial charge in [-0.1, -0.05) is 6.07 Å². The Kier molecular flexibility index (Phi) is 2.92. The Balaban J connectivity index is 2.38. The minimum atomic E-state index is -0.914. The summed E-state index contributed by atoms with van der Waals surface area (Å²) in [7, 11) is 0. The van der Waals surface area contributed by atoms with Gasteiger partial charge in [-0.15, -0.1) is 0 Å².